The monoisotopic (exact) mass is 372 g/mol. The molecular weight excluding hydrogens is 340 g/mol. The third-order valence-corrected chi connectivity index (χ3v) is 7.56. The molecule has 0 spiro atoms. The molecule has 0 radical (unpaired) electrons. The Labute approximate surface area is 162 Å². The van der Waals surface area contributed by atoms with E-state index in [1.54, 1.807) is 0 Å². The van der Waals surface area contributed by atoms with E-state index in [-0.39, 0.29) is 5.97 Å². The van der Waals surface area contributed by atoms with Gasteiger partial charge in [0.25, 0.3) is 0 Å². The van der Waals surface area contributed by atoms with Crippen LogP contribution in [-0.2, 0) is 16.1 Å². The predicted molar refractivity (Wildman–Crippen MR) is 102 cm³/mol. The Morgan fingerprint density at radius 1 is 0.963 bits per heavy atom. The van der Waals surface area contributed by atoms with Crippen molar-refractivity contribution in [1.82, 2.24) is 9.80 Å². The van der Waals surface area contributed by atoms with Crippen LogP contribution >= 0.6 is 0 Å². The fraction of sp³-hybridized carbons (Fsp3) is 0.667. The lowest BCUT2D eigenvalue weighted by Gasteiger charge is -2.56. The minimum Gasteiger partial charge on any atom is -0.462 e. The molecule has 1 aromatic rings. The Morgan fingerprint density at radius 3 is 2.11 bits per heavy atom. The summed E-state index contributed by atoms with van der Waals surface area (Å²) in [6, 6.07) is 11.0. The molecule has 4 aliphatic rings. The quantitative estimate of drug-likeness (QED) is 0.563. The molecule has 4 saturated heterocycles. The molecule has 27 heavy (non-hydrogen) atoms. The van der Waals surface area contributed by atoms with E-state index in [0.717, 1.165) is 43.8 Å². The number of carbonyl (C=O) groups excluding carboxylic acids is 1. The zero-order valence-corrected chi connectivity index (χ0v) is 16.4. The van der Waals surface area contributed by atoms with Crippen molar-refractivity contribution in [2.45, 2.75) is 25.8 Å². The summed E-state index contributed by atoms with van der Waals surface area (Å²) in [4.78, 5) is 17.9. The zero-order valence-electron chi connectivity index (χ0n) is 16.4. The Morgan fingerprint density at radius 2 is 1.52 bits per heavy atom. The molecule has 0 bridgehead atoms. The average molecular weight is 373 g/mol. The van der Waals surface area contributed by atoms with Gasteiger partial charge < -0.3 is 4.74 Å². The molecule has 4 heterocycles. The van der Waals surface area contributed by atoms with Crippen molar-refractivity contribution in [3.05, 3.63) is 35.9 Å². The molecule has 5 rings (SSSR count). The second-order valence-electron chi connectivity index (χ2n) is 8.84. The molecule has 0 saturated carbocycles. The molecule has 0 amide bonds. The van der Waals surface area contributed by atoms with E-state index in [1.165, 1.54) is 29.7 Å². The number of hydrogen-bond donors (Lipinski definition) is 0. The lowest BCUT2D eigenvalue weighted by atomic mass is 10.0. The van der Waals surface area contributed by atoms with Crippen LogP contribution < -0.4 is 0 Å². The highest BCUT2D eigenvalue weighted by Crippen LogP contribution is 2.43. The van der Waals surface area contributed by atoms with Gasteiger partial charge in [-0.3, -0.25) is 8.97 Å². The largest absolute Gasteiger partial charge is 0.462 e. The Balaban J connectivity index is 1.47. The second-order valence-corrected chi connectivity index (χ2v) is 8.84. The second kappa shape index (κ2) is 6.55. The van der Waals surface area contributed by atoms with Crippen molar-refractivity contribution in [2.75, 3.05) is 65.5 Å². The molecule has 146 valence electrons. The highest BCUT2D eigenvalue weighted by Gasteiger charge is 2.67. The van der Waals surface area contributed by atoms with Gasteiger partial charge in [0, 0.05) is 5.56 Å². The summed E-state index contributed by atoms with van der Waals surface area (Å²) in [7, 11) is 0. The van der Waals surface area contributed by atoms with E-state index in [2.05, 4.69) is 40.1 Å². The smallest absolute Gasteiger partial charge is 0.361 e. The van der Waals surface area contributed by atoms with E-state index in [9.17, 15) is 4.79 Å². The third kappa shape index (κ3) is 2.73. The van der Waals surface area contributed by atoms with Crippen molar-refractivity contribution in [2.24, 2.45) is 0 Å². The van der Waals surface area contributed by atoms with Crippen LogP contribution in [-0.4, -0.2) is 103 Å². The number of benzene rings is 1. The minimum absolute atomic E-state index is 0.0162. The van der Waals surface area contributed by atoms with Gasteiger partial charge in [-0.2, -0.15) is 0 Å². The first kappa shape index (κ1) is 17.6. The van der Waals surface area contributed by atoms with Crippen molar-refractivity contribution in [3.63, 3.8) is 0 Å². The van der Waals surface area contributed by atoms with Gasteiger partial charge >= 0.3 is 5.97 Å². The van der Waals surface area contributed by atoms with Gasteiger partial charge in [-0.1, -0.05) is 30.3 Å². The molecule has 0 N–H and O–H groups in total. The molecule has 1 aromatic carbocycles. The zero-order chi connectivity index (χ0) is 18.5. The van der Waals surface area contributed by atoms with Crippen LogP contribution in [0.4, 0.5) is 0 Å². The number of nitrogens with zero attached hydrogens (tertiary/aromatic N) is 4. The molecule has 0 aliphatic carbocycles. The number of quaternary nitrogens is 2. The summed E-state index contributed by atoms with van der Waals surface area (Å²) in [5, 5.41) is 0. The molecule has 6 heteroatoms. The standard InChI is InChI=1S/C21H32N4O2/c1-2-27-19(26)17-25-14-10-22-8-12-24(16-18-6-4-3-5-7-18)13-9-23(11-15-25)21(25)20(22)24/h3-7,20-21H,2,8-17H2,1H3/q+2. The lowest BCUT2D eigenvalue weighted by Crippen LogP contribution is -2.78. The van der Waals surface area contributed by atoms with E-state index in [0.29, 0.717) is 25.5 Å². The maximum absolute atomic E-state index is 12.4. The van der Waals surface area contributed by atoms with Crippen LogP contribution in [0.25, 0.3) is 0 Å². The number of rotatable bonds is 5. The number of esters is 1. The van der Waals surface area contributed by atoms with Crippen LogP contribution in [0.3, 0.4) is 0 Å². The topological polar surface area (TPSA) is 32.8 Å². The maximum atomic E-state index is 12.4. The molecule has 4 unspecified atom stereocenters. The van der Waals surface area contributed by atoms with Crippen LogP contribution in [0.15, 0.2) is 30.3 Å². The summed E-state index contributed by atoms with van der Waals surface area (Å²) >= 11 is 0. The van der Waals surface area contributed by atoms with Crippen LogP contribution in [0, 0.1) is 0 Å². The first-order valence-electron chi connectivity index (χ1n) is 10.6. The van der Waals surface area contributed by atoms with Gasteiger partial charge in [-0.15, -0.1) is 0 Å². The highest BCUT2D eigenvalue weighted by molar-refractivity contribution is 5.70. The summed E-state index contributed by atoms with van der Waals surface area (Å²) in [6.45, 7) is 13.3. The predicted octanol–water partition coefficient (Wildman–Crippen LogP) is 0.694. The lowest BCUT2D eigenvalue weighted by molar-refractivity contribution is -1.03. The van der Waals surface area contributed by atoms with E-state index >= 15 is 0 Å². The van der Waals surface area contributed by atoms with Crippen LogP contribution in [0.5, 0.6) is 0 Å². The van der Waals surface area contributed by atoms with Gasteiger partial charge in [-0.05, 0) is 6.92 Å². The summed E-state index contributed by atoms with van der Waals surface area (Å²) in [5.41, 5.74) is 1.44. The fourth-order valence-corrected chi connectivity index (χ4v) is 6.37. The van der Waals surface area contributed by atoms with Crippen LogP contribution in [0.2, 0.25) is 0 Å². The number of hydrogen-bond acceptors (Lipinski definition) is 4. The van der Waals surface area contributed by atoms with Gasteiger partial charge in [0.1, 0.15) is 6.54 Å². The summed E-state index contributed by atoms with van der Waals surface area (Å²) in [5.74, 6) is -0.0162. The SMILES string of the molecule is CCOC(=O)C[N+]12CCN3CC[N+]4(Cc5ccccc5)CCN(CC1)C4C32. The Hall–Kier alpha value is -1.47. The van der Waals surface area contributed by atoms with Crippen molar-refractivity contribution < 1.29 is 18.5 Å². The highest BCUT2D eigenvalue weighted by atomic mass is 16.5. The van der Waals surface area contributed by atoms with Gasteiger partial charge in [0.2, 0.25) is 12.3 Å². The van der Waals surface area contributed by atoms with E-state index in [4.69, 9.17) is 4.74 Å². The summed E-state index contributed by atoms with van der Waals surface area (Å²) in [6.07, 6.45) is 0.966. The van der Waals surface area contributed by atoms with Crippen molar-refractivity contribution in [1.29, 1.82) is 0 Å². The van der Waals surface area contributed by atoms with Gasteiger partial charge in [-0.25, -0.2) is 14.6 Å². The molecular formula is C21H32N4O2+2. The van der Waals surface area contributed by atoms with Crippen molar-refractivity contribution in [3.8, 4) is 0 Å². The van der Waals surface area contributed by atoms with E-state index < -0.39 is 0 Å². The fourth-order valence-electron chi connectivity index (χ4n) is 6.37. The number of piperazine rings is 2. The Kier molecular flexibility index (Phi) is 4.27. The Bertz CT molecular complexity index is 713. The molecule has 4 fully saturated rings. The average Bonchev–Trinajstić information content (AvgIpc) is 3.21. The molecule has 4 atom stereocenters. The van der Waals surface area contributed by atoms with Crippen LogP contribution in [0.1, 0.15) is 12.5 Å². The molecule has 6 nitrogen and oxygen atoms in total. The van der Waals surface area contributed by atoms with Crippen molar-refractivity contribution >= 4 is 5.97 Å². The summed E-state index contributed by atoms with van der Waals surface area (Å²) < 4.78 is 7.47. The minimum atomic E-state index is -0.0162. The number of carbonyl (C=O) groups is 1. The first-order chi connectivity index (χ1) is 13.2. The normalized spacial score (nSPS) is 38.0. The maximum Gasteiger partial charge on any atom is 0.361 e. The van der Waals surface area contributed by atoms with E-state index in [1.807, 2.05) is 6.92 Å². The molecule has 4 aliphatic heterocycles. The number of ether oxygens (including phenoxy) is 1. The third-order valence-electron chi connectivity index (χ3n) is 7.56. The van der Waals surface area contributed by atoms with Gasteiger partial charge in [0.05, 0.1) is 59.0 Å². The molecule has 0 aromatic heterocycles. The van der Waals surface area contributed by atoms with Gasteiger partial charge in [0.15, 0.2) is 6.54 Å². The first-order valence-corrected chi connectivity index (χ1v) is 10.6.